The van der Waals surface area contributed by atoms with Crippen molar-refractivity contribution in [1.29, 1.82) is 0 Å². The van der Waals surface area contributed by atoms with Gasteiger partial charge < -0.3 is 5.11 Å². The van der Waals surface area contributed by atoms with Crippen LogP contribution in [0.2, 0.25) is 0 Å². The van der Waals surface area contributed by atoms with Crippen molar-refractivity contribution >= 4 is 5.69 Å². The van der Waals surface area contributed by atoms with Gasteiger partial charge >= 0.3 is 0 Å². The topological polar surface area (TPSA) is 35.5 Å². The smallest absolute Gasteiger partial charge is 0.166 e. The van der Waals surface area contributed by atoms with Gasteiger partial charge in [0.2, 0.25) is 0 Å². The molecule has 0 amide bonds. The second-order valence-corrected chi connectivity index (χ2v) is 3.27. The summed E-state index contributed by atoms with van der Waals surface area (Å²) >= 11 is 0. The van der Waals surface area contributed by atoms with E-state index in [2.05, 4.69) is 5.43 Å². The van der Waals surface area contributed by atoms with Gasteiger partial charge in [-0.05, 0) is 25.1 Å². The Bertz CT molecular complexity index is 378. The molecular formula is C10H11FN2O. The predicted octanol–water partition coefficient (Wildman–Crippen LogP) is 1.76. The van der Waals surface area contributed by atoms with Gasteiger partial charge in [0.05, 0.1) is 5.69 Å². The third-order valence-electron chi connectivity index (χ3n) is 2.08. The molecule has 0 bridgehead atoms. The van der Waals surface area contributed by atoms with Crippen molar-refractivity contribution in [2.45, 2.75) is 13.0 Å². The van der Waals surface area contributed by atoms with Crippen LogP contribution in [0.4, 0.5) is 10.1 Å². The summed E-state index contributed by atoms with van der Waals surface area (Å²) in [5, 5.41) is 10.7. The zero-order valence-electron chi connectivity index (χ0n) is 7.74. The Labute approximate surface area is 81.4 Å². The van der Waals surface area contributed by atoms with E-state index < -0.39 is 5.82 Å². The highest BCUT2D eigenvalue weighted by atomic mass is 19.1. The van der Waals surface area contributed by atoms with Crippen LogP contribution in [0.3, 0.4) is 0 Å². The number of halogens is 1. The number of hydrogen-bond donors (Lipinski definition) is 2. The molecule has 74 valence electrons. The number of anilines is 1. The lowest BCUT2D eigenvalue weighted by Gasteiger charge is -2.18. The van der Waals surface area contributed by atoms with Crippen molar-refractivity contribution in [1.82, 2.24) is 5.43 Å². The van der Waals surface area contributed by atoms with Crippen LogP contribution in [-0.4, -0.2) is 11.1 Å². The van der Waals surface area contributed by atoms with Gasteiger partial charge in [-0.15, -0.1) is 0 Å². The van der Waals surface area contributed by atoms with Crippen LogP contribution >= 0.6 is 0 Å². The van der Waals surface area contributed by atoms with Crippen LogP contribution in [0.5, 0.6) is 5.75 Å². The average molecular weight is 194 g/mol. The highest BCUT2D eigenvalue weighted by Crippen LogP contribution is 2.23. The summed E-state index contributed by atoms with van der Waals surface area (Å²) in [4.78, 5) is 0. The molecule has 2 N–H and O–H groups in total. The monoisotopic (exact) mass is 194 g/mol. The Morgan fingerprint density at radius 3 is 2.86 bits per heavy atom. The van der Waals surface area contributed by atoms with Crippen LogP contribution in [0, 0.1) is 5.82 Å². The fourth-order valence-corrected chi connectivity index (χ4v) is 1.33. The normalized spacial score (nSPS) is 20.4. The number of nitrogens with zero attached hydrogens (tertiary/aromatic N) is 1. The van der Waals surface area contributed by atoms with Crippen molar-refractivity contribution in [2.75, 3.05) is 5.01 Å². The van der Waals surface area contributed by atoms with Crippen LogP contribution in [0.15, 0.2) is 30.5 Å². The van der Waals surface area contributed by atoms with Crippen LogP contribution in [-0.2, 0) is 0 Å². The number of phenolic OH excluding ortho intramolecular Hbond substituents is 1. The van der Waals surface area contributed by atoms with E-state index in [0.717, 1.165) is 0 Å². The largest absolute Gasteiger partial charge is 0.505 e. The zero-order chi connectivity index (χ0) is 10.1. The molecule has 1 unspecified atom stereocenters. The minimum Gasteiger partial charge on any atom is -0.505 e. The Morgan fingerprint density at radius 2 is 2.29 bits per heavy atom. The predicted molar refractivity (Wildman–Crippen MR) is 52.3 cm³/mol. The summed E-state index contributed by atoms with van der Waals surface area (Å²) in [6.07, 6.45) is 3.79. The number of nitrogens with one attached hydrogen (secondary N) is 1. The Morgan fingerprint density at radius 1 is 1.50 bits per heavy atom. The minimum atomic E-state index is -0.614. The van der Waals surface area contributed by atoms with Gasteiger partial charge in [0, 0.05) is 18.3 Å². The quantitative estimate of drug-likeness (QED) is 0.715. The van der Waals surface area contributed by atoms with E-state index in [0.29, 0.717) is 5.69 Å². The van der Waals surface area contributed by atoms with Crippen molar-refractivity contribution in [2.24, 2.45) is 0 Å². The van der Waals surface area contributed by atoms with E-state index in [1.165, 1.54) is 12.1 Å². The maximum atomic E-state index is 13.0. The molecular weight excluding hydrogens is 183 g/mol. The van der Waals surface area contributed by atoms with Gasteiger partial charge in [0.15, 0.2) is 11.6 Å². The summed E-state index contributed by atoms with van der Waals surface area (Å²) in [5.41, 5.74) is 3.76. The molecule has 0 aromatic heterocycles. The van der Waals surface area contributed by atoms with E-state index in [-0.39, 0.29) is 11.8 Å². The van der Waals surface area contributed by atoms with Crippen LogP contribution in [0.1, 0.15) is 6.92 Å². The summed E-state index contributed by atoms with van der Waals surface area (Å²) in [7, 11) is 0. The van der Waals surface area contributed by atoms with Crippen LogP contribution < -0.4 is 10.4 Å². The molecule has 1 aromatic rings. The lowest BCUT2D eigenvalue weighted by Crippen LogP contribution is -2.33. The van der Waals surface area contributed by atoms with Gasteiger partial charge in [-0.3, -0.25) is 5.01 Å². The van der Waals surface area contributed by atoms with Gasteiger partial charge in [-0.25, -0.2) is 9.82 Å². The lowest BCUT2D eigenvalue weighted by atomic mass is 10.3. The van der Waals surface area contributed by atoms with Crippen molar-refractivity contribution < 1.29 is 9.50 Å². The lowest BCUT2D eigenvalue weighted by molar-refractivity contribution is 0.432. The third kappa shape index (κ3) is 1.56. The Kier molecular flexibility index (Phi) is 2.13. The van der Waals surface area contributed by atoms with Crippen LogP contribution in [0.25, 0.3) is 0 Å². The summed E-state index contributed by atoms with van der Waals surface area (Å²) in [6.45, 7) is 1.99. The number of benzene rings is 1. The molecule has 0 spiro atoms. The molecule has 0 radical (unpaired) electrons. The van der Waals surface area contributed by atoms with E-state index in [9.17, 15) is 4.39 Å². The number of hydrazine groups is 1. The molecule has 1 heterocycles. The molecule has 0 aliphatic carbocycles. The highest BCUT2D eigenvalue weighted by Gasteiger charge is 2.13. The van der Waals surface area contributed by atoms with Crippen molar-refractivity contribution in [3.8, 4) is 5.75 Å². The van der Waals surface area contributed by atoms with Gasteiger partial charge in [-0.2, -0.15) is 0 Å². The molecule has 1 aliphatic heterocycles. The highest BCUT2D eigenvalue weighted by molar-refractivity contribution is 5.52. The van der Waals surface area contributed by atoms with Gasteiger partial charge in [0.1, 0.15) is 0 Å². The minimum absolute atomic E-state index is 0.242. The molecule has 0 saturated heterocycles. The SMILES string of the molecule is CC1C=CN(c2ccc(O)c(F)c2)N1. The first-order valence-electron chi connectivity index (χ1n) is 4.39. The molecule has 0 fully saturated rings. The van der Waals surface area contributed by atoms with E-state index >= 15 is 0 Å². The fraction of sp³-hybridized carbons (Fsp3) is 0.200. The van der Waals surface area contributed by atoms with E-state index in [1.54, 1.807) is 11.1 Å². The summed E-state index contributed by atoms with van der Waals surface area (Å²) in [6, 6.07) is 4.51. The number of hydrogen-bond acceptors (Lipinski definition) is 3. The first-order chi connectivity index (χ1) is 6.66. The Hall–Kier alpha value is -1.55. The Balaban J connectivity index is 2.25. The molecule has 1 aromatic carbocycles. The molecule has 14 heavy (non-hydrogen) atoms. The molecule has 0 saturated carbocycles. The molecule has 3 nitrogen and oxygen atoms in total. The average Bonchev–Trinajstić information content (AvgIpc) is 2.57. The number of aromatic hydroxyl groups is 1. The van der Waals surface area contributed by atoms with E-state index in [4.69, 9.17) is 5.11 Å². The maximum Gasteiger partial charge on any atom is 0.166 e. The molecule has 4 heteroatoms. The van der Waals surface area contributed by atoms with Gasteiger partial charge in [0.25, 0.3) is 0 Å². The van der Waals surface area contributed by atoms with Gasteiger partial charge in [-0.1, -0.05) is 0 Å². The number of rotatable bonds is 1. The first-order valence-corrected chi connectivity index (χ1v) is 4.39. The summed E-state index contributed by atoms with van der Waals surface area (Å²) in [5.74, 6) is -0.942. The second kappa shape index (κ2) is 3.31. The zero-order valence-corrected chi connectivity index (χ0v) is 7.74. The van der Waals surface area contributed by atoms with Crippen molar-refractivity contribution in [3.05, 3.63) is 36.3 Å². The second-order valence-electron chi connectivity index (χ2n) is 3.27. The third-order valence-corrected chi connectivity index (χ3v) is 2.08. The molecule has 1 aliphatic rings. The molecule has 2 rings (SSSR count). The standard InChI is InChI=1S/C10H11FN2O/c1-7-4-5-13(12-7)8-2-3-10(14)9(11)6-8/h2-7,12,14H,1H3. The summed E-state index contributed by atoms with van der Waals surface area (Å²) < 4.78 is 13.0. The first kappa shape index (κ1) is 9.02. The van der Waals surface area contributed by atoms with E-state index in [1.807, 2.05) is 19.2 Å². The maximum absolute atomic E-state index is 13.0. The fourth-order valence-electron chi connectivity index (χ4n) is 1.33. The number of phenols is 1. The van der Waals surface area contributed by atoms with Crippen molar-refractivity contribution in [3.63, 3.8) is 0 Å². The molecule has 1 atom stereocenters.